The highest BCUT2D eigenvalue weighted by Crippen LogP contribution is 2.65. The van der Waals surface area contributed by atoms with Gasteiger partial charge >= 0.3 is 5.97 Å². The number of ketones is 3. The van der Waals surface area contributed by atoms with Crippen LogP contribution in [0, 0.1) is 28.6 Å². The van der Waals surface area contributed by atoms with Gasteiger partial charge in [0.15, 0.2) is 17.2 Å². The van der Waals surface area contributed by atoms with Gasteiger partial charge in [0.2, 0.25) is 5.78 Å². The zero-order chi connectivity index (χ0) is 40.2. The molecule has 0 aromatic heterocycles. The summed E-state index contributed by atoms with van der Waals surface area (Å²) >= 11 is 0. The largest absolute Gasteiger partial charge is 0.508 e. The third-order valence-corrected chi connectivity index (χ3v) is 12.5. The fourth-order valence-corrected chi connectivity index (χ4v) is 10.1. The molecule has 0 saturated heterocycles. The van der Waals surface area contributed by atoms with Gasteiger partial charge in [0.05, 0.1) is 18.1 Å². The third kappa shape index (κ3) is 6.30. The molecular weight excluding hydrogens is 696 g/mol. The maximum absolute atomic E-state index is 14.7. The summed E-state index contributed by atoms with van der Waals surface area (Å²) in [6.45, 7) is 12.2. The van der Waals surface area contributed by atoms with E-state index in [9.17, 15) is 39.6 Å². The fourth-order valence-electron chi connectivity index (χ4n) is 10.1. The van der Waals surface area contributed by atoms with Crippen molar-refractivity contribution in [3.05, 3.63) is 105 Å². The molecule has 0 heterocycles. The van der Waals surface area contributed by atoms with E-state index in [1.54, 1.807) is 34.6 Å². The van der Waals surface area contributed by atoms with Crippen LogP contribution in [0.1, 0.15) is 89.1 Å². The Labute approximate surface area is 322 Å². The number of allylic oxidation sites excluding steroid dienone is 1. The van der Waals surface area contributed by atoms with Crippen molar-refractivity contribution in [1.82, 2.24) is 0 Å². The van der Waals surface area contributed by atoms with Crippen LogP contribution in [0.4, 0.5) is 0 Å². The standard InChI is InChI=1S/C46H52O9/c1-8-29-17-15-28(16-18-30(43(53)55-9-2)21-27-13-11-10-12-14-27)22-32(29)31-19-20-34(48)36-33(31)23-44(6)24-45(7)37(25(3)4)39(49)35(26(5)47)41(51)46(45,54)42(52)38(44)40(36)50/h10-15,17,19-20,22,25,30,37,48,50-51,54H,8-9,16,18,21,23-24H2,1-7H3/t30?,37?,44-,45-,46+/m1/s1. The molecule has 55 heavy (non-hydrogen) atoms. The summed E-state index contributed by atoms with van der Waals surface area (Å²) in [6, 6.07) is 19.3. The van der Waals surface area contributed by atoms with E-state index in [0.717, 1.165) is 34.7 Å². The molecule has 6 rings (SSSR count). The highest BCUT2D eigenvalue weighted by Gasteiger charge is 2.72. The van der Waals surface area contributed by atoms with Crippen LogP contribution in [0.5, 0.6) is 5.75 Å². The van der Waals surface area contributed by atoms with Crippen molar-refractivity contribution < 1.29 is 44.3 Å². The SMILES string of the molecule is CCOC(=O)C(CCc1ccc(CC)c(-c2ccc(O)c3c2C[C@]2(C)C[C@]4(C)C(C(C)C)C(=O)C(C(C)=O)=C(O)[C@]4(O)C(=O)C2=C3O)c1)Cc1ccccc1. The van der Waals surface area contributed by atoms with Crippen molar-refractivity contribution in [2.24, 2.45) is 28.6 Å². The zero-order valence-corrected chi connectivity index (χ0v) is 32.8. The lowest BCUT2D eigenvalue weighted by molar-refractivity contribution is -0.178. The summed E-state index contributed by atoms with van der Waals surface area (Å²) in [5, 5.41) is 47.3. The fraction of sp³-hybridized carbons (Fsp3) is 0.435. The van der Waals surface area contributed by atoms with Crippen molar-refractivity contribution in [3.63, 3.8) is 0 Å². The number of rotatable bonds is 11. The monoisotopic (exact) mass is 748 g/mol. The van der Waals surface area contributed by atoms with Crippen LogP contribution in [-0.4, -0.2) is 56.0 Å². The Balaban J connectivity index is 1.46. The molecule has 0 aliphatic heterocycles. The normalized spacial score (nSPS) is 25.4. The Bertz CT molecular complexity index is 2140. The number of benzene rings is 3. The summed E-state index contributed by atoms with van der Waals surface area (Å²) in [5.74, 6) is -6.11. The maximum Gasteiger partial charge on any atom is 0.309 e. The van der Waals surface area contributed by atoms with E-state index < -0.39 is 62.7 Å². The molecule has 9 heteroatoms. The number of aromatic hydroxyl groups is 1. The van der Waals surface area contributed by atoms with Gasteiger partial charge < -0.3 is 25.2 Å². The number of phenolic OH excluding ortho intramolecular Hbond substituents is 1. The van der Waals surface area contributed by atoms with E-state index in [2.05, 4.69) is 18.2 Å². The van der Waals surface area contributed by atoms with Gasteiger partial charge in [0, 0.05) is 22.3 Å². The summed E-state index contributed by atoms with van der Waals surface area (Å²) in [6.07, 6.45) is 2.57. The minimum absolute atomic E-state index is 0.0112. The van der Waals surface area contributed by atoms with Gasteiger partial charge in [-0.25, -0.2) is 0 Å². The predicted octanol–water partition coefficient (Wildman–Crippen LogP) is 7.77. The molecule has 0 spiro atoms. The van der Waals surface area contributed by atoms with Gasteiger partial charge in [-0.05, 0) is 97.7 Å². The first-order valence-electron chi connectivity index (χ1n) is 19.3. The molecule has 2 unspecified atom stereocenters. The maximum atomic E-state index is 14.7. The highest BCUT2D eigenvalue weighted by molar-refractivity contribution is 6.24. The van der Waals surface area contributed by atoms with Gasteiger partial charge in [-0.3, -0.25) is 19.2 Å². The average Bonchev–Trinajstić information content (AvgIpc) is 3.11. The number of ether oxygens (including phenoxy) is 1. The van der Waals surface area contributed by atoms with Crippen molar-refractivity contribution in [1.29, 1.82) is 0 Å². The topological polar surface area (TPSA) is 158 Å². The first-order chi connectivity index (χ1) is 25.9. The van der Waals surface area contributed by atoms with Gasteiger partial charge in [0.1, 0.15) is 22.8 Å². The van der Waals surface area contributed by atoms with Crippen molar-refractivity contribution >= 4 is 29.1 Å². The highest BCUT2D eigenvalue weighted by atomic mass is 16.5. The molecular formula is C46H52O9. The number of aryl methyl sites for hydroxylation is 2. The average molecular weight is 749 g/mol. The van der Waals surface area contributed by atoms with Crippen LogP contribution >= 0.6 is 0 Å². The number of carbonyl (C=O) groups excluding carboxylic acids is 4. The smallest absolute Gasteiger partial charge is 0.309 e. The Hall–Kier alpha value is -5.02. The molecule has 3 aromatic carbocycles. The van der Waals surface area contributed by atoms with Crippen LogP contribution < -0.4 is 0 Å². The van der Waals surface area contributed by atoms with Gasteiger partial charge in [-0.1, -0.05) is 89.2 Å². The van der Waals surface area contributed by atoms with Crippen LogP contribution in [0.25, 0.3) is 16.9 Å². The molecule has 3 aliphatic rings. The molecule has 0 bridgehead atoms. The molecule has 9 nitrogen and oxygen atoms in total. The van der Waals surface area contributed by atoms with Gasteiger partial charge in [-0.2, -0.15) is 0 Å². The molecule has 0 amide bonds. The molecule has 1 fully saturated rings. The molecule has 5 atom stereocenters. The molecule has 3 aromatic rings. The summed E-state index contributed by atoms with van der Waals surface area (Å²) in [7, 11) is 0. The summed E-state index contributed by atoms with van der Waals surface area (Å²) in [5.41, 5.74) is -0.746. The Morgan fingerprint density at radius 1 is 0.927 bits per heavy atom. The molecule has 0 radical (unpaired) electrons. The number of fused-ring (bicyclic) bond motifs is 3. The van der Waals surface area contributed by atoms with E-state index in [1.807, 2.05) is 43.3 Å². The predicted molar refractivity (Wildman–Crippen MR) is 209 cm³/mol. The molecule has 290 valence electrons. The van der Waals surface area contributed by atoms with E-state index in [4.69, 9.17) is 4.74 Å². The third-order valence-electron chi connectivity index (χ3n) is 12.5. The van der Waals surface area contributed by atoms with Crippen molar-refractivity contribution in [2.75, 3.05) is 6.61 Å². The number of aliphatic hydroxyl groups is 3. The van der Waals surface area contributed by atoms with E-state index in [-0.39, 0.29) is 41.6 Å². The Morgan fingerprint density at radius 2 is 1.62 bits per heavy atom. The lowest BCUT2D eigenvalue weighted by Gasteiger charge is -2.59. The van der Waals surface area contributed by atoms with Crippen molar-refractivity contribution in [2.45, 2.75) is 92.6 Å². The number of phenols is 1. The van der Waals surface area contributed by atoms with Crippen molar-refractivity contribution in [3.8, 4) is 16.9 Å². The van der Waals surface area contributed by atoms with Crippen LogP contribution in [0.15, 0.2) is 77.6 Å². The lowest BCUT2D eigenvalue weighted by atomic mass is 9.43. The zero-order valence-electron chi connectivity index (χ0n) is 32.8. The van der Waals surface area contributed by atoms with E-state index >= 15 is 0 Å². The summed E-state index contributed by atoms with van der Waals surface area (Å²) < 4.78 is 5.45. The van der Waals surface area contributed by atoms with Crippen LogP contribution in [-0.2, 0) is 49.6 Å². The first-order valence-corrected chi connectivity index (χ1v) is 19.3. The minimum Gasteiger partial charge on any atom is -0.508 e. The number of hydrogen-bond donors (Lipinski definition) is 4. The van der Waals surface area contributed by atoms with Crippen LogP contribution in [0.2, 0.25) is 0 Å². The minimum atomic E-state index is -2.67. The lowest BCUT2D eigenvalue weighted by Crippen LogP contribution is -2.69. The number of carbonyl (C=O) groups is 4. The summed E-state index contributed by atoms with van der Waals surface area (Å²) in [4.78, 5) is 54.4. The second-order valence-electron chi connectivity index (χ2n) is 16.5. The molecule has 3 aliphatic carbocycles. The quantitative estimate of drug-likeness (QED) is 0.114. The first kappa shape index (κ1) is 39.7. The van der Waals surface area contributed by atoms with E-state index in [1.165, 1.54) is 6.07 Å². The number of aliphatic hydroxyl groups excluding tert-OH is 2. The Kier molecular flexibility index (Phi) is 10.5. The van der Waals surface area contributed by atoms with Gasteiger partial charge in [0.25, 0.3) is 0 Å². The van der Waals surface area contributed by atoms with Gasteiger partial charge in [-0.15, -0.1) is 0 Å². The number of esters is 1. The second kappa shape index (κ2) is 14.6. The second-order valence-corrected chi connectivity index (χ2v) is 16.5. The van der Waals surface area contributed by atoms with E-state index in [0.29, 0.717) is 37.9 Å². The number of Topliss-reactive ketones (excluding diaryl/α,β-unsaturated/α-hetero) is 3. The Morgan fingerprint density at radius 3 is 2.24 bits per heavy atom. The number of hydrogen-bond acceptors (Lipinski definition) is 9. The van der Waals surface area contributed by atoms with Crippen LogP contribution in [0.3, 0.4) is 0 Å². The molecule has 1 saturated carbocycles. The molecule has 4 N–H and O–H groups in total.